The van der Waals surface area contributed by atoms with E-state index in [0.717, 1.165) is 38.2 Å². The average Bonchev–Trinajstić information content (AvgIpc) is 2.63. The summed E-state index contributed by atoms with van der Waals surface area (Å²) in [7, 11) is 0. The number of ether oxygens (including phenoxy) is 1. The highest BCUT2D eigenvalue weighted by Crippen LogP contribution is 2.15. The van der Waals surface area contributed by atoms with Gasteiger partial charge in [0, 0.05) is 37.6 Å². The van der Waals surface area contributed by atoms with Gasteiger partial charge in [-0.15, -0.1) is 0 Å². The van der Waals surface area contributed by atoms with E-state index in [1.807, 2.05) is 36.7 Å². The number of nitrogens with two attached hydrogens (primary N) is 1. The summed E-state index contributed by atoms with van der Waals surface area (Å²) < 4.78 is 5.90. The summed E-state index contributed by atoms with van der Waals surface area (Å²) >= 11 is 0. The molecule has 2 heterocycles. The zero-order chi connectivity index (χ0) is 16.8. The fourth-order valence-electron chi connectivity index (χ4n) is 2.93. The lowest BCUT2D eigenvalue weighted by atomic mass is 10.0. The van der Waals surface area contributed by atoms with E-state index in [9.17, 15) is 4.79 Å². The number of hydrogen-bond donors (Lipinski definition) is 2. The van der Waals surface area contributed by atoms with Crippen LogP contribution in [0.1, 0.15) is 21.5 Å². The first kappa shape index (κ1) is 16.6. The number of nitrogens with zero attached hydrogens (tertiary/aromatic N) is 2. The van der Waals surface area contributed by atoms with Crippen molar-refractivity contribution >= 4 is 5.91 Å². The van der Waals surface area contributed by atoms with Crippen molar-refractivity contribution in [1.29, 1.82) is 0 Å². The number of carbonyl (C=O) groups is 1. The molecule has 1 aromatic heterocycles. The summed E-state index contributed by atoms with van der Waals surface area (Å²) in [4.78, 5) is 17.9. The van der Waals surface area contributed by atoms with Gasteiger partial charge in [0.05, 0.1) is 12.7 Å². The van der Waals surface area contributed by atoms with Crippen molar-refractivity contribution in [2.45, 2.75) is 19.1 Å². The van der Waals surface area contributed by atoms with Crippen molar-refractivity contribution in [1.82, 2.24) is 15.3 Å². The molecule has 6 heteroatoms. The highest BCUT2D eigenvalue weighted by atomic mass is 16.5. The van der Waals surface area contributed by atoms with Crippen LogP contribution in [0.5, 0.6) is 0 Å². The monoisotopic (exact) mass is 326 g/mol. The van der Waals surface area contributed by atoms with Crippen LogP contribution in [0.4, 0.5) is 0 Å². The first-order chi connectivity index (χ1) is 11.7. The second kappa shape index (κ2) is 8.01. The van der Waals surface area contributed by atoms with Crippen molar-refractivity contribution in [3.8, 4) is 0 Å². The molecule has 6 nitrogen and oxygen atoms in total. The maximum atomic E-state index is 11.5. The molecule has 1 unspecified atom stereocenters. The number of pyridine rings is 1. The standard InChI is InChI=1S/C18H22N4O2/c19-21-18(23)16-3-1-14(2-4-16)11-17-13-22(9-10-24-17)12-15-5-7-20-8-6-15/h1-8,17H,9-13,19H2,(H,21,23). The molecule has 1 aliphatic heterocycles. The van der Waals surface area contributed by atoms with Gasteiger partial charge >= 0.3 is 0 Å². The Morgan fingerprint density at radius 3 is 2.67 bits per heavy atom. The van der Waals surface area contributed by atoms with E-state index in [-0.39, 0.29) is 12.0 Å². The number of rotatable bonds is 5. The van der Waals surface area contributed by atoms with Crippen LogP contribution in [0, 0.1) is 0 Å². The smallest absolute Gasteiger partial charge is 0.265 e. The van der Waals surface area contributed by atoms with Gasteiger partial charge in [-0.2, -0.15) is 0 Å². The van der Waals surface area contributed by atoms with Gasteiger partial charge in [0.1, 0.15) is 0 Å². The summed E-state index contributed by atoms with van der Waals surface area (Å²) in [6.45, 7) is 3.49. The Kier molecular flexibility index (Phi) is 5.53. The van der Waals surface area contributed by atoms with Gasteiger partial charge in [0.15, 0.2) is 0 Å². The van der Waals surface area contributed by atoms with Crippen molar-refractivity contribution < 1.29 is 9.53 Å². The molecule has 1 amide bonds. The average molecular weight is 326 g/mol. The van der Waals surface area contributed by atoms with Gasteiger partial charge in [0.25, 0.3) is 5.91 Å². The molecule has 0 spiro atoms. The molecular formula is C18H22N4O2. The Labute approximate surface area is 141 Å². The lowest BCUT2D eigenvalue weighted by molar-refractivity contribution is -0.0305. The van der Waals surface area contributed by atoms with Crippen LogP contribution in [0.25, 0.3) is 0 Å². The van der Waals surface area contributed by atoms with Gasteiger partial charge in [-0.3, -0.25) is 20.1 Å². The van der Waals surface area contributed by atoms with E-state index >= 15 is 0 Å². The molecule has 1 aliphatic rings. The van der Waals surface area contributed by atoms with Crippen LogP contribution in [0.15, 0.2) is 48.8 Å². The third-order valence-corrected chi connectivity index (χ3v) is 4.19. The number of nitrogen functional groups attached to an aromatic ring is 1. The molecule has 0 saturated carbocycles. The van der Waals surface area contributed by atoms with Crippen LogP contribution in [0.3, 0.4) is 0 Å². The number of hydrogen-bond acceptors (Lipinski definition) is 5. The topological polar surface area (TPSA) is 80.5 Å². The first-order valence-corrected chi connectivity index (χ1v) is 8.07. The molecule has 24 heavy (non-hydrogen) atoms. The number of aromatic nitrogens is 1. The summed E-state index contributed by atoms with van der Waals surface area (Å²) in [6, 6.07) is 11.6. The Hall–Kier alpha value is -2.28. The number of morpholine rings is 1. The number of benzene rings is 1. The number of hydrazine groups is 1. The summed E-state index contributed by atoms with van der Waals surface area (Å²) in [5.41, 5.74) is 5.12. The van der Waals surface area contributed by atoms with Gasteiger partial charge in [-0.1, -0.05) is 12.1 Å². The van der Waals surface area contributed by atoms with Gasteiger partial charge in [-0.05, 0) is 41.8 Å². The van der Waals surface area contributed by atoms with Crippen molar-refractivity contribution in [2.75, 3.05) is 19.7 Å². The Balaban J connectivity index is 1.56. The molecule has 126 valence electrons. The van der Waals surface area contributed by atoms with E-state index < -0.39 is 0 Å². The molecule has 0 radical (unpaired) electrons. The van der Waals surface area contributed by atoms with E-state index in [2.05, 4.69) is 15.3 Å². The first-order valence-electron chi connectivity index (χ1n) is 8.07. The molecule has 0 bridgehead atoms. The summed E-state index contributed by atoms with van der Waals surface area (Å²) in [6.07, 6.45) is 4.64. The molecule has 1 aromatic carbocycles. The molecule has 1 saturated heterocycles. The van der Waals surface area contributed by atoms with E-state index in [4.69, 9.17) is 10.6 Å². The Bertz CT molecular complexity index is 660. The number of carbonyl (C=O) groups excluding carboxylic acids is 1. The van der Waals surface area contributed by atoms with Crippen molar-refractivity contribution in [3.63, 3.8) is 0 Å². The molecule has 3 rings (SSSR count). The van der Waals surface area contributed by atoms with E-state index in [0.29, 0.717) is 5.56 Å². The van der Waals surface area contributed by atoms with E-state index in [1.165, 1.54) is 5.56 Å². The molecule has 0 aliphatic carbocycles. The quantitative estimate of drug-likeness (QED) is 0.489. The minimum Gasteiger partial charge on any atom is -0.375 e. The van der Waals surface area contributed by atoms with Crippen LogP contribution in [-0.2, 0) is 17.7 Å². The maximum Gasteiger partial charge on any atom is 0.265 e. The van der Waals surface area contributed by atoms with Crippen molar-refractivity contribution in [2.24, 2.45) is 5.84 Å². The third-order valence-electron chi connectivity index (χ3n) is 4.19. The van der Waals surface area contributed by atoms with Gasteiger partial charge in [-0.25, -0.2) is 5.84 Å². The van der Waals surface area contributed by atoms with Crippen molar-refractivity contribution in [3.05, 3.63) is 65.5 Å². The zero-order valence-corrected chi connectivity index (χ0v) is 13.5. The van der Waals surface area contributed by atoms with Crippen LogP contribution >= 0.6 is 0 Å². The summed E-state index contributed by atoms with van der Waals surface area (Å²) in [5.74, 6) is 4.86. The van der Waals surface area contributed by atoms with Crippen LogP contribution in [-0.4, -0.2) is 41.6 Å². The second-order valence-electron chi connectivity index (χ2n) is 5.96. The molecule has 3 N–H and O–H groups in total. The second-order valence-corrected chi connectivity index (χ2v) is 5.96. The fourth-order valence-corrected chi connectivity index (χ4v) is 2.93. The normalized spacial score (nSPS) is 18.3. The lowest BCUT2D eigenvalue weighted by Crippen LogP contribution is -2.42. The molecule has 1 fully saturated rings. The minimum atomic E-state index is -0.279. The summed E-state index contributed by atoms with van der Waals surface area (Å²) in [5, 5.41) is 0. The Morgan fingerprint density at radius 2 is 1.96 bits per heavy atom. The molecule has 2 aromatic rings. The highest BCUT2D eigenvalue weighted by Gasteiger charge is 2.21. The predicted octanol–water partition coefficient (Wildman–Crippen LogP) is 1.13. The fraction of sp³-hybridized carbons (Fsp3) is 0.333. The van der Waals surface area contributed by atoms with Gasteiger partial charge in [0.2, 0.25) is 0 Å². The predicted molar refractivity (Wildman–Crippen MR) is 91.1 cm³/mol. The number of amides is 1. The van der Waals surface area contributed by atoms with Crippen LogP contribution < -0.4 is 11.3 Å². The molecular weight excluding hydrogens is 304 g/mol. The van der Waals surface area contributed by atoms with E-state index in [1.54, 1.807) is 12.1 Å². The largest absolute Gasteiger partial charge is 0.375 e. The van der Waals surface area contributed by atoms with Gasteiger partial charge < -0.3 is 4.74 Å². The highest BCUT2D eigenvalue weighted by molar-refractivity contribution is 5.93. The zero-order valence-electron chi connectivity index (χ0n) is 13.5. The SMILES string of the molecule is NNC(=O)c1ccc(CC2CN(Cc3ccncc3)CCO2)cc1. The minimum absolute atomic E-state index is 0.162. The Morgan fingerprint density at radius 1 is 1.21 bits per heavy atom. The third kappa shape index (κ3) is 4.38. The maximum absolute atomic E-state index is 11.5. The van der Waals surface area contributed by atoms with Crippen LogP contribution in [0.2, 0.25) is 0 Å². The number of nitrogens with one attached hydrogen (secondary N) is 1. The molecule has 1 atom stereocenters. The lowest BCUT2D eigenvalue weighted by Gasteiger charge is -2.33.